The highest BCUT2D eigenvalue weighted by molar-refractivity contribution is 9.10. The molecule has 0 bridgehead atoms. The Labute approximate surface area is 176 Å². The van der Waals surface area contributed by atoms with E-state index in [-0.39, 0.29) is 0 Å². The zero-order chi connectivity index (χ0) is 19.8. The fourth-order valence-corrected chi connectivity index (χ4v) is 6.31. The minimum Gasteiger partial charge on any atom is -0.286 e. The first kappa shape index (κ1) is 16.9. The van der Waals surface area contributed by atoms with E-state index in [2.05, 4.69) is 38.7 Å². The smallest absolute Gasteiger partial charge is 0.207 e. The van der Waals surface area contributed by atoms with Gasteiger partial charge in [0.15, 0.2) is 5.69 Å². The number of allylic oxidation sites excluding steroid dienone is 2. The predicted molar refractivity (Wildman–Crippen MR) is 119 cm³/mol. The third-order valence-corrected chi connectivity index (χ3v) is 7.91. The zero-order valence-corrected chi connectivity index (χ0v) is 17.5. The molecule has 3 nitrogen and oxygen atoms in total. The van der Waals surface area contributed by atoms with E-state index >= 15 is 0 Å². The van der Waals surface area contributed by atoms with Gasteiger partial charge < -0.3 is 0 Å². The molecule has 2 aliphatic rings. The van der Waals surface area contributed by atoms with Crippen molar-refractivity contribution in [3.05, 3.63) is 88.5 Å². The highest BCUT2D eigenvalue weighted by Crippen LogP contribution is 2.45. The second-order valence-electron chi connectivity index (χ2n) is 7.12. The Morgan fingerprint density at radius 3 is 2.52 bits per heavy atom. The summed E-state index contributed by atoms with van der Waals surface area (Å²) in [4.78, 5) is 0.730. The van der Waals surface area contributed by atoms with E-state index < -0.39 is 9.84 Å². The van der Waals surface area contributed by atoms with Gasteiger partial charge in [0.1, 0.15) is 17.7 Å². The second kappa shape index (κ2) is 5.77. The molecule has 6 rings (SSSR count). The van der Waals surface area contributed by atoms with E-state index in [1.807, 2.05) is 48.6 Å². The minimum absolute atomic E-state index is 0.364. The molecule has 0 unspecified atom stereocenters. The molecule has 0 N–H and O–H groups in total. The first-order valence-electron chi connectivity index (χ1n) is 9.14. The van der Waals surface area contributed by atoms with Crippen LogP contribution in [0.1, 0.15) is 11.3 Å². The Morgan fingerprint density at radius 1 is 0.897 bits per heavy atom. The van der Waals surface area contributed by atoms with Crippen LogP contribution in [0.25, 0.3) is 39.9 Å². The molecular formula is C24H13BrNO2S+. The highest BCUT2D eigenvalue weighted by Gasteiger charge is 2.33. The van der Waals surface area contributed by atoms with Crippen LogP contribution in [0, 0.1) is 6.08 Å². The lowest BCUT2D eigenvalue weighted by molar-refractivity contribution is 0.598. The predicted octanol–water partition coefficient (Wildman–Crippen LogP) is 6.05. The number of rotatable bonds is 1. The molecule has 0 spiro atoms. The molecule has 0 radical (unpaired) electrons. The summed E-state index contributed by atoms with van der Waals surface area (Å²) in [6.45, 7) is 0. The van der Waals surface area contributed by atoms with Crippen molar-refractivity contribution in [2.24, 2.45) is 0 Å². The number of halogens is 1. The average molecular weight is 459 g/mol. The van der Waals surface area contributed by atoms with Crippen molar-refractivity contribution in [3.63, 3.8) is 0 Å². The number of hydrogen-bond acceptors (Lipinski definition) is 2. The lowest BCUT2D eigenvalue weighted by Crippen LogP contribution is -2.00. The maximum atomic E-state index is 13.0. The second-order valence-corrected chi connectivity index (χ2v) is 9.92. The molecule has 1 aliphatic carbocycles. The van der Waals surface area contributed by atoms with Crippen LogP contribution in [-0.2, 0) is 9.84 Å². The van der Waals surface area contributed by atoms with Gasteiger partial charge >= 0.3 is 0 Å². The van der Waals surface area contributed by atoms with E-state index in [1.54, 1.807) is 18.2 Å². The number of sulfone groups is 1. The molecule has 1 aromatic heterocycles. The van der Waals surface area contributed by atoms with Crippen molar-refractivity contribution in [3.8, 4) is 16.8 Å². The number of hydrogen-bond donors (Lipinski definition) is 0. The Bertz CT molecular complexity index is 1520. The van der Waals surface area contributed by atoms with Crippen LogP contribution in [0.5, 0.6) is 0 Å². The van der Waals surface area contributed by atoms with Crippen LogP contribution in [0.2, 0.25) is 0 Å². The molecule has 0 fully saturated rings. The van der Waals surface area contributed by atoms with Gasteiger partial charge in [-0.15, -0.1) is 0 Å². The van der Waals surface area contributed by atoms with Crippen LogP contribution in [-0.4, -0.2) is 13.0 Å². The quantitative estimate of drug-likeness (QED) is 0.287. The average Bonchev–Trinajstić information content (AvgIpc) is 3.18. The summed E-state index contributed by atoms with van der Waals surface area (Å²) in [5.41, 5.74) is 5.69. The van der Waals surface area contributed by atoms with E-state index in [0.717, 1.165) is 43.4 Å². The van der Waals surface area contributed by atoms with Gasteiger partial charge in [-0.25, -0.2) is 8.42 Å². The van der Waals surface area contributed by atoms with Gasteiger partial charge in [0, 0.05) is 27.4 Å². The maximum absolute atomic E-state index is 13.0. The van der Waals surface area contributed by atoms with Crippen LogP contribution >= 0.6 is 15.9 Å². The fourth-order valence-electron chi connectivity index (χ4n) is 4.30. The summed E-state index contributed by atoms with van der Waals surface area (Å²) in [5, 5.41) is 1.15. The molecular weight excluding hydrogens is 446 g/mol. The van der Waals surface area contributed by atoms with E-state index in [1.165, 1.54) is 0 Å². The number of nitrogens with zero attached hydrogens (tertiary/aromatic N) is 1. The van der Waals surface area contributed by atoms with Crippen molar-refractivity contribution in [2.75, 3.05) is 0 Å². The molecule has 5 heteroatoms. The molecule has 1 aliphatic heterocycles. The SMILES string of the molecule is O=S1(=O)c2ccc(Br)cc2-c2cc(-n3c4c(c5ccccc53)C=[C+]C=C4)ccc21. The third-order valence-electron chi connectivity index (χ3n) is 5.55. The number of aromatic nitrogens is 1. The lowest BCUT2D eigenvalue weighted by atomic mass is 10.0. The Balaban J connectivity index is 1.69. The molecule has 4 aromatic rings. The topological polar surface area (TPSA) is 39.1 Å². The lowest BCUT2D eigenvalue weighted by Gasteiger charge is -2.09. The summed E-state index contributed by atoms with van der Waals surface area (Å²) >= 11 is 3.47. The minimum atomic E-state index is -3.49. The Hall–Kier alpha value is -2.98. The summed E-state index contributed by atoms with van der Waals surface area (Å²) in [6.07, 6.45) is 9.11. The van der Waals surface area contributed by atoms with Crippen LogP contribution < -0.4 is 0 Å². The monoisotopic (exact) mass is 458 g/mol. The molecule has 3 aromatic carbocycles. The highest BCUT2D eigenvalue weighted by atomic mass is 79.9. The van der Waals surface area contributed by atoms with Gasteiger partial charge in [0.05, 0.1) is 26.8 Å². The van der Waals surface area contributed by atoms with E-state index in [0.29, 0.717) is 9.79 Å². The number of benzene rings is 3. The van der Waals surface area contributed by atoms with Crippen molar-refractivity contribution in [1.29, 1.82) is 0 Å². The molecule has 0 saturated carbocycles. The number of fused-ring (bicyclic) bond motifs is 6. The fraction of sp³-hybridized carbons (Fsp3) is 0. The van der Waals surface area contributed by atoms with Crippen LogP contribution in [0.4, 0.5) is 0 Å². The molecule has 138 valence electrons. The largest absolute Gasteiger partial charge is 0.286 e. The van der Waals surface area contributed by atoms with Gasteiger partial charge in [-0.05, 0) is 48.5 Å². The Kier molecular flexibility index (Phi) is 3.37. The van der Waals surface area contributed by atoms with Crippen molar-refractivity contribution in [2.45, 2.75) is 9.79 Å². The van der Waals surface area contributed by atoms with E-state index in [4.69, 9.17) is 0 Å². The van der Waals surface area contributed by atoms with Gasteiger partial charge in [-0.3, -0.25) is 4.57 Å². The summed E-state index contributed by atoms with van der Waals surface area (Å²) in [7, 11) is -3.49. The standard InChI is InChI=1S/C24H13BrNO2S/c25-15-9-11-23-19(13-15)20-14-16(10-12-24(20)29(23,27)28)26-21-7-3-1-5-17(21)18-6-2-4-8-22(18)26/h1,3-14H/q+1. The van der Waals surface area contributed by atoms with Crippen molar-refractivity contribution >= 4 is 48.8 Å². The molecule has 29 heavy (non-hydrogen) atoms. The summed E-state index contributed by atoms with van der Waals surface area (Å²) in [5.74, 6) is 0. The van der Waals surface area contributed by atoms with Crippen LogP contribution in [0.3, 0.4) is 0 Å². The third kappa shape index (κ3) is 2.24. The first-order valence-corrected chi connectivity index (χ1v) is 11.4. The van der Waals surface area contributed by atoms with E-state index in [9.17, 15) is 8.42 Å². The van der Waals surface area contributed by atoms with Crippen molar-refractivity contribution < 1.29 is 8.42 Å². The Morgan fingerprint density at radius 2 is 1.66 bits per heavy atom. The molecule has 0 amide bonds. The van der Waals surface area contributed by atoms with Gasteiger partial charge in [-0.2, -0.15) is 0 Å². The maximum Gasteiger partial charge on any atom is 0.207 e. The number of para-hydroxylation sites is 1. The summed E-state index contributed by atoms with van der Waals surface area (Å²) < 4.78 is 29.0. The summed E-state index contributed by atoms with van der Waals surface area (Å²) in [6, 6.07) is 19.2. The first-order chi connectivity index (χ1) is 14.1. The molecule has 2 heterocycles. The molecule has 0 atom stereocenters. The molecule has 0 saturated heterocycles. The normalized spacial score (nSPS) is 15.1. The van der Waals surface area contributed by atoms with Gasteiger partial charge in [-0.1, -0.05) is 28.1 Å². The zero-order valence-electron chi connectivity index (χ0n) is 15.1. The van der Waals surface area contributed by atoms with Crippen LogP contribution in [0.15, 0.2) is 81.0 Å². The van der Waals surface area contributed by atoms with Gasteiger partial charge in [0.2, 0.25) is 9.84 Å². The van der Waals surface area contributed by atoms with Gasteiger partial charge in [0.25, 0.3) is 0 Å². The van der Waals surface area contributed by atoms with Crippen molar-refractivity contribution in [1.82, 2.24) is 4.57 Å².